The lowest BCUT2D eigenvalue weighted by Gasteiger charge is -2.08. The van der Waals surface area contributed by atoms with Crippen LogP contribution in [0.1, 0.15) is 11.1 Å². The van der Waals surface area contributed by atoms with E-state index in [9.17, 15) is 13.5 Å². The molecule has 4 nitrogen and oxygen atoms in total. The molecular weight excluding hydrogens is 262 g/mol. The predicted molar refractivity (Wildman–Crippen MR) is 73.3 cm³/mol. The average Bonchev–Trinajstić information content (AvgIpc) is 2.38. The van der Waals surface area contributed by atoms with Crippen LogP contribution >= 0.6 is 0 Å². The van der Waals surface area contributed by atoms with Crippen molar-refractivity contribution in [2.24, 2.45) is 0 Å². The van der Waals surface area contributed by atoms with Crippen LogP contribution < -0.4 is 4.72 Å². The van der Waals surface area contributed by atoms with Crippen LogP contribution in [0, 0.1) is 6.92 Å². The van der Waals surface area contributed by atoms with Gasteiger partial charge < -0.3 is 5.11 Å². The van der Waals surface area contributed by atoms with Gasteiger partial charge in [-0.15, -0.1) is 0 Å². The molecule has 0 aliphatic rings. The maximum absolute atomic E-state index is 12.0. The van der Waals surface area contributed by atoms with Crippen molar-refractivity contribution in [1.29, 1.82) is 0 Å². The Morgan fingerprint density at radius 3 is 2.32 bits per heavy atom. The SMILES string of the molecule is Cc1ccc(S(=O)(=O)NCc2ccccc2O)cc1. The fourth-order valence-corrected chi connectivity index (χ4v) is 2.64. The topological polar surface area (TPSA) is 66.4 Å². The summed E-state index contributed by atoms with van der Waals surface area (Å²) in [6, 6.07) is 13.2. The van der Waals surface area contributed by atoms with Crippen molar-refractivity contribution in [3.05, 3.63) is 59.7 Å². The molecule has 0 saturated carbocycles. The van der Waals surface area contributed by atoms with Crippen LogP contribution in [0.3, 0.4) is 0 Å². The first kappa shape index (κ1) is 13.6. The van der Waals surface area contributed by atoms with E-state index in [2.05, 4.69) is 4.72 Å². The summed E-state index contributed by atoms with van der Waals surface area (Å²) in [7, 11) is -3.55. The molecule has 0 fully saturated rings. The van der Waals surface area contributed by atoms with Gasteiger partial charge in [0, 0.05) is 12.1 Å². The van der Waals surface area contributed by atoms with E-state index < -0.39 is 10.0 Å². The van der Waals surface area contributed by atoms with E-state index in [1.54, 1.807) is 42.5 Å². The second kappa shape index (κ2) is 5.42. The monoisotopic (exact) mass is 277 g/mol. The normalized spacial score (nSPS) is 11.4. The molecular formula is C14H15NO3S. The van der Waals surface area contributed by atoms with Crippen LogP contribution in [0.4, 0.5) is 0 Å². The quantitative estimate of drug-likeness (QED) is 0.900. The third kappa shape index (κ3) is 3.33. The van der Waals surface area contributed by atoms with Crippen LogP contribution in [0.2, 0.25) is 0 Å². The maximum atomic E-state index is 12.0. The second-order valence-corrected chi connectivity index (χ2v) is 6.03. The lowest BCUT2D eigenvalue weighted by Crippen LogP contribution is -2.23. The highest BCUT2D eigenvalue weighted by Gasteiger charge is 2.13. The number of hydrogen-bond acceptors (Lipinski definition) is 3. The molecule has 0 atom stereocenters. The van der Waals surface area contributed by atoms with Gasteiger partial charge in [-0.2, -0.15) is 0 Å². The lowest BCUT2D eigenvalue weighted by molar-refractivity contribution is 0.467. The smallest absolute Gasteiger partial charge is 0.240 e. The zero-order chi connectivity index (χ0) is 13.9. The number of para-hydroxylation sites is 1. The van der Waals surface area contributed by atoms with Crippen molar-refractivity contribution in [2.45, 2.75) is 18.4 Å². The molecule has 0 bridgehead atoms. The van der Waals surface area contributed by atoms with Crippen molar-refractivity contribution >= 4 is 10.0 Å². The summed E-state index contributed by atoms with van der Waals surface area (Å²) in [5.41, 5.74) is 1.54. The van der Waals surface area contributed by atoms with Crippen LogP contribution in [-0.4, -0.2) is 13.5 Å². The van der Waals surface area contributed by atoms with E-state index in [-0.39, 0.29) is 17.2 Å². The van der Waals surface area contributed by atoms with Gasteiger partial charge in [-0.25, -0.2) is 13.1 Å². The zero-order valence-electron chi connectivity index (χ0n) is 10.5. The minimum absolute atomic E-state index is 0.0584. The molecule has 0 aromatic heterocycles. The Bertz CT molecular complexity index is 663. The molecule has 0 aliphatic carbocycles. The predicted octanol–water partition coefficient (Wildman–Crippen LogP) is 2.18. The van der Waals surface area contributed by atoms with Gasteiger partial charge in [-0.3, -0.25) is 0 Å². The Kier molecular flexibility index (Phi) is 3.87. The minimum atomic E-state index is -3.55. The Balaban J connectivity index is 2.14. The largest absolute Gasteiger partial charge is 0.508 e. The molecule has 0 amide bonds. The van der Waals surface area contributed by atoms with Gasteiger partial charge in [-0.1, -0.05) is 35.9 Å². The zero-order valence-corrected chi connectivity index (χ0v) is 11.3. The van der Waals surface area contributed by atoms with E-state index in [0.717, 1.165) is 5.56 Å². The summed E-state index contributed by atoms with van der Waals surface area (Å²) >= 11 is 0. The first-order chi connectivity index (χ1) is 8.99. The van der Waals surface area contributed by atoms with E-state index in [4.69, 9.17) is 0 Å². The van der Waals surface area contributed by atoms with Gasteiger partial charge in [0.2, 0.25) is 10.0 Å². The average molecular weight is 277 g/mol. The molecule has 0 unspecified atom stereocenters. The van der Waals surface area contributed by atoms with Crippen molar-refractivity contribution in [2.75, 3.05) is 0 Å². The van der Waals surface area contributed by atoms with Crippen LogP contribution in [0.25, 0.3) is 0 Å². The Morgan fingerprint density at radius 1 is 1.05 bits per heavy atom. The third-order valence-corrected chi connectivity index (χ3v) is 4.19. The van der Waals surface area contributed by atoms with Crippen molar-refractivity contribution in [3.63, 3.8) is 0 Å². The number of phenols is 1. The number of benzene rings is 2. The molecule has 0 heterocycles. The van der Waals surface area contributed by atoms with E-state index in [0.29, 0.717) is 5.56 Å². The summed E-state index contributed by atoms with van der Waals surface area (Å²) in [4.78, 5) is 0.216. The molecule has 2 rings (SSSR count). The molecule has 100 valence electrons. The standard InChI is InChI=1S/C14H15NO3S/c1-11-6-8-13(9-7-11)19(17,18)15-10-12-4-2-3-5-14(12)16/h2-9,15-16H,10H2,1H3. The number of nitrogens with one attached hydrogen (secondary N) is 1. The highest BCUT2D eigenvalue weighted by atomic mass is 32.2. The molecule has 19 heavy (non-hydrogen) atoms. The van der Waals surface area contributed by atoms with Gasteiger partial charge in [0.15, 0.2) is 0 Å². The first-order valence-corrected chi connectivity index (χ1v) is 7.30. The molecule has 0 aliphatic heterocycles. The number of sulfonamides is 1. The lowest BCUT2D eigenvalue weighted by atomic mass is 10.2. The van der Waals surface area contributed by atoms with Crippen LogP contribution in [0.15, 0.2) is 53.4 Å². The van der Waals surface area contributed by atoms with Gasteiger partial charge in [0.05, 0.1) is 4.90 Å². The summed E-state index contributed by atoms with van der Waals surface area (Å²) in [6.07, 6.45) is 0. The molecule has 5 heteroatoms. The highest BCUT2D eigenvalue weighted by molar-refractivity contribution is 7.89. The Morgan fingerprint density at radius 2 is 1.68 bits per heavy atom. The number of aryl methyl sites for hydroxylation is 1. The summed E-state index contributed by atoms with van der Waals surface area (Å²) in [5, 5.41) is 9.58. The number of hydrogen-bond donors (Lipinski definition) is 2. The molecule has 2 N–H and O–H groups in total. The van der Waals surface area contributed by atoms with Gasteiger partial charge in [0.1, 0.15) is 5.75 Å². The Hall–Kier alpha value is -1.85. The number of phenolic OH excluding ortho intramolecular Hbond substituents is 1. The van der Waals surface area contributed by atoms with E-state index in [1.807, 2.05) is 6.92 Å². The molecule has 0 saturated heterocycles. The van der Waals surface area contributed by atoms with E-state index >= 15 is 0 Å². The first-order valence-electron chi connectivity index (χ1n) is 5.82. The second-order valence-electron chi connectivity index (χ2n) is 4.27. The molecule has 2 aromatic carbocycles. The van der Waals surface area contributed by atoms with Crippen LogP contribution in [-0.2, 0) is 16.6 Å². The van der Waals surface area contributed by atoms with Crippen molar-refractivity contribution in [1.82, 2.24) is 4.72 Å². The molecule has 0 radical (unpaired) electrons. The van der Waals surface area contributed by atoms with Crippen molar-refractivity contribution < 1.29 is 13.5 Å². The van der Waals surface area contributed by atoms with Gasteiger partial charge >= 0.3 is 0 Å². The summed E-state index contributed by atoms with van der Waals surface area (Å²) in [5.74, 6) is 0.0779. The highest BCUT2D eigenvalue weighted by Crippen LogP contribution is 2.16. The van der Waals surface area contributed by atoms with Crippen LogP contribution in [0.5, 0.6) is 5.75 Å². The summed E-state index contributed by atoms with van der Waals surface area (Å²) < 4.78 is 26.5. The van der Waals surface area contributed by atoms with E-state index in [1.165, 1.54) is 6.07 Å². The fourth-order valence-electron chi connectivity index (χ4n) is 1.63. The Labute approximate surface area is 112 Å². The van der Waals surface area contributed by atoms with Crippen molar-refractivity contribution in [3.8, 4) is 5.75 Å². The fraction of sp³-hybridized carbons (Fsp3) is 0.143. The minimum Gasteiger partial charge on any atom is -0.508 e. The summed E-state index contributed by atoms with van der Waals surface area (Å²) in [6.45, 7) is 1.95. The number of rotatable bonds is 4. The molecule has 0 spiro atoms. The van der Waals surface area contributed by atoms with Gasteiger partial charge in [-0.05, 0) is 25.1 Å². The maximum Gasteiger partial charge on any atom is 0.240 e. The third-order valence-electron chi connectivity index (χ3n) is 2.78. The van der Waals surface area contributed by atoms with Gasteiger partial charge in [0.25, 0.3) is 0 Å². The molecule has 2 aromatic rings. The number of aromatic hydroxyl groups is 1.